The number of benzene rings is 1. The van der Waals surface area contributed by atoms with Crippen LogP contribution in [0.1, 0.15) is 25.5 Å². The summed E-state index contributed by atoms with van der Waals surface area (Å²) in [5, 5.41) is 4.11. The SMILES string of the molecule is CCN(Cc1cc(-c2cc(OC)ccc2OC)on1)C(=O)C1CC1. The van der Waals surface area contributed by atoms with Crippen molar-refractivity contribution in [1.82, 2.24) is 10.1 Å². The molecule has 3 rings (SSSR count). The van der Waals surface area contributed by atoms with E-state index in [1.165, 1.54) is 0 Å². The molecule has 1 saturated carbocycles. The van der Waals surface area contributed by atoms with Crippen molar-refractivity contribution < 1.29 is 18.8 Å². The van der Waals surface area contributed by atoms with Crippen molar-refractivity contribution in [3.63, 3.8) is 0 Å². The van der Waals surface area contributed by atoms with Gasteiger partial charge in [-0.3, -0.25) is 4.79 Å². The molecule has 0 radical (unpaired) electrons. The van der Waals surface area contributed by atoms with E-state index in [4.69, 9.17) is 14.0 Å². The van der Waals surface area contributed by atoms with Gasteiger partial charge in [0.05, 0.1) is 26.3 Å². The van der Waals surface area contributed by atoms with Crippen molar-refractivity contribution in [3.8, 4) is 22.8 Å². The average Bonchev–Trinajstić information content (AvgIpc) is 3.37. The predicted octanol–water partition coefficient (Wildman–Crippen LogP) is 3.12. The van der Waals surface area contributed by atoms with E-state index in [2.05, 4.69) is 5.16 Å². The lowest BCUT2D eigenvalue weighted by Crippen LogP contribution is -2.31. The lowest BCUT2D eigenvalue weighted by molar-refractivity contribution is -0.133. The molecule has 24 heavy (non-hydrogen) atoms. The quantitative estimate of drug-likeness (QED) is 0.780. The zero-order valence-corrected chi connectivity index (χ0v) is 14.2. The molecule has 1 aliphatic carbocycles. The van der Waals surface area contributed by atoms with Crippen molar-refractivity contribution in [1.29, 1.82) is 0 Å². The number of carbonyl (C=O) groups excluding carboxylic acids is 1. The van der Waals surface area contributed by atoms with Gasteiger partial charge in [0.2, 0.25) is 5.91 Å². The van der Waals surface area contributed by atoms with Crippen molar-refractivity contribution in [2.24, 2.45) is 5.92 Å². The van der Waals surface area contributed by atoms with E-state index >= 15 is 0 Å². The van der Waals surface area contributed by atoms with Crippen molar-refractivity contribution in [2.75, 3.05) is 20.8 Å². The third-order valence-corrected chi connectivity index (χ3v) is 4.20. The van der Waals surface area contributed by atoms with Gasteiger partial charge < -0.3 is 18.9 Å². The van der Waals surface area contributed by atoms with Gasteiger partial charge in [-0.1, -0.05) is 5.16 Å². The van der Waals surface area contributed by atoms with Crippen molar-refractivity contribution >= 4 is 5.91 Å². The summed E-state index contributed by atoms with van der Waals surface area (Å²) < 4.78 is 16.1. The van der Waals surface area contributed by atoms with Gasteiger partial charge in [0.25, 0.3) is 0 Å². The van der Waals surface area contributed by atoms with E-state index in [0.29, 0.717) is 30.3 Å². The molecule has 1 heterocycles. The minimum Gasteiger partial charge on any atom is -0.497 e. The standard InChI is InChI=1S/C18H22N2O4/c1-4-20(18(21)12-5-6-12)11-13-9-17(24-19-13)15-10-14(22-2)7-8-16(15)23-3/h7-10,12H,4-6,11H2,1-3H3. The Hall–Kier alpha value is -2.50. The van der Waals surface area contributed by atoms with Gasteiger partial charge in [-0.2, -0.15) is 0 Å². The molecule has 1 aromatic heterocycles. The summed E-state index contributed by atoms with van der Waals surface area (Å²) >= 11 is 0. The Balaban J connectivity index is 1.81. The Labute approximate surface area is 141 Å². The number of methoxy groups -OCH3 is 2. The molecule has 128 valence electrons. The Morgan fingerprint density at radius 2 is 2.08 bits per heavy atom. The van der Waals surface area contributed by atoms with Crippen LogP contribution in [0.4, 0.5) is 0 Å². The number of rotatable bonds is 7. The summed E-state index contributed by atoms with van der Waals surface area (Å²) in [6.07, 6.45) is 2.00. The highest BCUT2D eigenvalue weighted by molar-refractivity contribution is 5.81. The zero-order valence-electron chi connectivity index (χ0n) is 14.2. The molecule has 6 nitrogen and oxygen atoms in total. The molecule has 1 amide bonds. The summed E-state index contributed by atoms with van der Waals surface area (Å²) in [7, 11) is 3.22. The Kier molecular flexibility index (Phi) is 4.74. The minimum absolute atomic E-state index is 0.204. The third-order valence-electron chi connectivity index (χ3n) is 4.20. The fourth-order valence-electron chi connectivity index (χ4n) is 2.65. The number of carbonyl (C=O) groups is 1. The van der Waals surface area contributed by atoms with Crippen LogP contribution in [-0.2, 0) is 11.3 Å². The van der Waals surface area contributed by atoms with Crippen LogP contribution in [0, 0.1) is 5.92 Å². The van der Waals surface area contributed by atoms with E-state index in [0.717, 1.165) is 24.1 Å². The molecule has 0 spiro atoms. The van der Waals surface area contributed by atoms with Crippen LogP contribution in [0.2, 0.25) is 0 Å². The number of ether oxygens (including phenoxy) is 2. The Bertz CT molecular complexity index is 722. The number of amides is 1. The largest absolute Gasteiger partial charge is 0.497 e. The summed E-state index contributed by atoms with van der Waals surface area (Å²) in [4.78, 5) is 14.1. The molecule has 0 N–H and O–H groups in total. The van der Waals surface area contributed by atoms with E-state index in [-0.39, 0.29) is 11.8 Å². The van der Waals surface area contributed by atoms with Gasteiger partial charge in [0.1, 0.15) is 17.2 Å². The first-order valence-corrected chi connectivity index (χ1v) is 8.13. The first-order chi connectivity index (χ1) is 11.7. The Morgan fingerprint density at radius 3 is 2.71 bits per heavy atom. The van der Waals surface area contributed by atoms with E-state index < -0.39 is 0 Å². The van der Waals surface area contributed by atoms with Crippen LogP contribution < -0.4 is 9.47 Å². The monoisotopic (exact) mass is 330 g/mol. The Morgan fingerprint density at radius 1 is 1.29 bits per heavy atom. The van der Waals surface area contributed by atoms with Gasteiger partial charge in [0.15, 0.2) is 5.76 Å². The maximum atomic E-state index is 12.2. The predicted molar refractivity (Wildman–Crippen MR) is 88.9 cm³/mol. The van der Waals surface area contributed by atoms with Crippen LogP contribution >= 0.6 is 0 Å². The van der Waals surface area contributed by atoms with Crippen LogP contribution in [-0.4, -0.2) is 36.7 Å². The normalized spacial score (nSPS) is 13.6. The lowest BCUT2D eigenvalue weighted by atomic mass is 10.1. The number of nitrogens with zero attached hydrogens (tertiary/aromatic N) is 2. The molecule has 2 aromatic rings. The van der Waals surface area contributed by atoms with Crippen LogP contribution in [0.5, 0.6) is 11.5 Å². The van der Waals surface area contributed by atoms with Crippen LogP contribution in [0.25, 0.3) is 11.3 Å². The molecule has 0 unspecified atom stereocenters. The zero-order chi connectivity index (χ0) is 17.1. The molecule has 1 fully saturated rings. The second-order valence-corrected chi connectivity index (χ2v) is 5.88. The van der Waals surface area contributed by atoms with E-state index in [1.807, 2.05) is 36.1 Å². The summed E-state index contributed by atoms with van der Waals surface area (Å²) in [6.45, 7) is 3.11. The fraction of sp³-hybridized carbons (Fsp3) is 0.444. The van der Waals surface area contributed by atoms with Crippen LogP contribution in [0.15, 0.2) is 28.8 Å². The number of hydrogen-bond acceptors (Lipinski definition) is 5. The molecule has 1 aliphatic rings. The molecule has 0 atom stereocenters. The third kappa shape index (κ3) is 3.37. The summed E-state index contributed by atoms with van der Waals surface area (Å²) in [6, 6.07) is 7.34. The highest BCUT2D eigenvalue weighted by atomic mass is 16.5. The molecule has 0 saturated heterocycles. The molecule has 0 bridgehead atoms. The maximum absolute atomic E-state index is 12.2. The van der Waals surface area contributed by atoms with Crippen molar-refractivity contribution in [3.05, 3.63) is 30.0 Å². The van der Waals surface area contributed by atoms with Gasteiger partial charge in [-0.15, -0.1) is 0 Å². The molecule has 6 heteroatoms. The average molecular weight is 330 g/mol. The molecule has 1 aromatic carbocycles. The smallest absolute Gasteiger partial charge is 0.226 e. The summed E-state index contributed by atoms with van der Waals surface area (Å²) in [5.41, 5.74) is 1.50. The second-order valence-electron chi connectivity index (χ2n) is 5.88. The second kappa shape index (κ2) is 6.95. The van der Waals surface area contributed by atoms with Crippen LogP contribution in [0.3, 0.4) is 0 Å². The van der Waals surface area contributed by atoms with Crippen molar-refractivity contribution in [2.45, 2.75) is 26.3 Å². The highest BCUT2D eigenvalue weighted by Gasteiger charge is 2.33. The number of aromatic nitrogens is 1. The first kappa shape index (κ1) is 16.4. The topological polar surface area (TPSA) is 64.8 Å². The molecule has 0 aliphatic heterocycles. The number of hydrogen-bond donors (Lipinski definition) is 0. The van der Waals surface area contributed by atoms with Gasteiger partial charge >= 0.3 is 0 Å². The highest BCUT2D eigenvalue weighted by Crippen LogP contribution is 2.34. The van der Waals surface area contributed by atoms with E-state index in [9.17, 15) is 4.79 Å². The summed E-state index contributed by atoms with van der Waals surface area (Å²) in [5.74, 6) is 2.40. The first-order valence-electron chi connectivity index (χ1n) is 8.13. The van der Waals surface area contributed by atoms with E-state index in [1.54, 1.807) is 14.2 Å². The van der Waals surface area contributed by atoms with Gasteiger partial charge in [-0.25, -0.2) is 0 Å². The fourth-order valence-corrected chi connectivity index (χ4v) is 2.65. The molecular weight excluding hydrogens is 308 g/mol. The maximum Gasteiger partial charge on any atom is 0.226 e. The van der Waals surface area contributed by atoms with Gasteiger partial charge in [-0.05, 0) is 38.0 Å². The molecular formula is C18H22N2O4. The minimum atomic E-state index is 0.204. The lowest BCUT2D eigenvalue weighted by Gasteiger charge is -2.19. The van der Waals surface area contributed by atoms with Gasteiger partial charge in [0, 0.05) is 18.5 Å².